The molecule has 0 aliphatic carbocycles. The minimum absolute atomic E-state index is 0.0616. The van der Waals surface area contributed by atoms with E-state index in [2.05, 4.69) is 15.8 Å². The van der Waals surface area contributed by atoms with Crippen molar-refractivity contribution in [3.05, 3.63) is 39.7 Å². The van der Waals surface area contributed by atoms with Gasteiger partial charge >= 0.3 is 29.5 Å². The third-order valence-corrected chi connectivity index (χ3v) is 6.31. The van der Waals surface area contributed by atoms with Crippen LogP contribution in [0.1, 0.15) is 45.7 Å². The predicted octanol–water partition coefficient (Wildman–Crippen LogP) is 1.08. The number of nitrogens with zero attached hydrogens (tertiary/aromatic N) is 1. The smallest absolute Gasteiger partial charge is 0.345 e. The van der Waals surface area contributed by atoms with E-state index in [4.69, 9.17) is 40.3 Å². The molecule has 43 heavy (non-hydrogen) atoms. The second-order valence-corrected chi connectivity index (χ2v) is 9.88. The van der Waals surface area contributed by atoms with E-state index in [1.165, 1.54) is 19.1 Å². The molecule has 1 aromatic carbocycles. The zero-order chi connectivity index (χ0) is 32.0. The third-order valence-electron chi connectivity index (χ3n) is 6.10. The van der Waals surface area contributed by atoms with Crippen LogP contribution in [0.4, 0.5) is 0 Å². The number of rotatable bonds is 8. The lowest BCUT2D eigenvalue weighted by Gasteiger charge is -2.44. The lowest BCUT2D eigenvalue weighted by molar-refractivity contribution is -0.254. The molecule has 16 heteroatoms. The first-order chi connectivity index (χ1) is 20.2. The van der Waals surface area contributed by atoms with Crippen LogP contribution in [0.15, 0.2) is 32.5 Å². The summed E-state index contributed by atoms with van der Waals surface area (Å²) in [6.07, 6.45) is -6.62. The number of phenols is 1. The van der Waals surface area contributed by atoms with Crippen molar-refractivity contribution in [2.75, 3.05) is 6.61 Å². The molecule has 1 fully saturated rings. The first kappa shape index (κ1) is 32.9. The highest BCUT2D eigenvalue weighted by Gasteiger charge is 2.52. The van der Waals surface area contributed by atoms with E-state index >= 15 is 0 Å². The van der Waals surface area contributed by atoms with Gasteiger partial charge in [0.1, 0.15) is 24.0 Å². The van der Waals surface area contributed by atoms with Crippen LogP contribution in [0.2, 0.25) is 0 Å². The highest BCUT2D eigenvalue weighted by atomic mass is 32.1. The van der Waals surface area contributed by atoms with Gasteiger partial charge in [0.25, 0.3) is 0 Å². The van der Waals surface area contributed by atoms with Crippen molar-refractivity contribution in [1.82, 2.24) is 10.7 Å². The van der Waals surface area contributed by atoms with E-state index in [1.807, 2.05) is 0 Å². The molecule has 0 amide bonds. The van der Waals surface area contributed by atoms with Crippen LogP contribution in [0.5, 0.6) is 5.75 Å². The fourth-order valence-corrected chi connectivity index (χ4v) is 4.62. The van der Waals surface area contributed by atoms with E-state index in [1.54, 1.807) is 13.0 Å². The molecule has 5 atom stereocenters. The van der Waals surface area contributed by atoms with Gasteiger partial charge in [-0.2, -0.15) is 5.10 Å². The van der Waals surface area contributed by atoms with Crippen LogP contribution in [-0.2, 0) is 42.9 Å². The molecule has 0 saturated carbocycles. The summed E-state index contributed by atoms with van der Waals surface area (Å²) in [6.45, 7) is 7.30. The van der Waals surface area contributed by atoms with Crippen LogP contribution < -0.4 is 16.4 Å². The largest absolute Gasteiger partial charge is 0.508 e. The molecule has 15 nitrogen and oxygen atoms in total. The Morgan fingerprint density at radius 1 is 0.953 bits per heavy atom. The molecule has 1 aromatic heterocycles. The minimum Gasteiger partial charge on any atom is -0.508 e. The number of ether oxygens (including phenoxy) is 5. The number of benzene rings is 1. The SMILES string of the molecule is CC(=O)OC[C@H]1O[C@@H](NC(=S)N/N=C(\C)c2c(C)c3ccc(O)cc3oc2=O)[C@H](OC(C)=O)[C@@H](OC(C)=O)[C@@H]1OC(C)=O. The number of aryl methyl sites for hydroxylation is 1. The maximum Gasteiger partial charge on any atom is 0.345 e. The Morgan fingerprint density at radius 2 is 1.56 bits per heavy atom. The Morgan fingerprint density at radius 3 is 2.16 bits per heavy atom. The zero-order valence-electron chi connectivity index (χ0n) is 24.1. The number of carbonyl (C=O) groups excluding carboxylic acids is 4. The number of fused-ring (bicyclic) bond motifs is 1. The van der Waals surface area contributed by atoms with Crippen molar-refractivity contribution in [3.63, 3.8) is 0 Å². The highest BCUT2D eigenvalue weighted by molar-refractivity contribution is 7.80. The van der Waals surface area contributed by atoms with Gasteiger partial charge in [-0.3, -0.25) is 24.6 Å². The fraction of sp³-hybridized carbons (Fsp3) is 0.444. The number of phenolic OH excluding ortho intramolecular Hbond substituents is 1. The Hall–Kier alpha value is -4.57. The van der Waals surface area contributed by atoms with Crippen molar-refractivity contribution in [2.45, 2.75) is 72.2 Å². The van der Waals surface area contributed by atoms with Gasteiger partial charge in [0, 0.05) is 39.1 Å². The van der Waals surface area contributed by atoms with Crippen molar-refractivity contribution in [3.8, 4) is 5.75 Å². The normalized spacial score (nSPS) is 21.8. The van der Waals surface area contributed by atoms with Gasteiger partial charge in [-0.05, 0) is 43.8 Å². The van der Waals surface area contributed by atoms with Crippen LogP contribution >= 0.6 is 12.2 Å². The van der Waals surface area contributed by atoms with Gasteiger partial charge in [-0.15, -0.1) is 0 Å². The van der Waals surface area contributed by atoms with E-state index < -0.39 is 66.8 Å². The van der Waals surface area contributed by atoms with Crippen LogP contribution in [0, 0.1) is 6.92 Å². The molecule has 0 spiro atoms. The summed E-state index contributed by atoms with van der Waals surface area (Å²) < 4.78 is 32.4. The highest BCUT2D eigenvalue weighted by Crippen LogP contribution is 2.28. The zero-order valence-corrected chi connectivity index (χ0v) is 24.9. The molecule has 3 N–H and O–H groups in total. The fourth-order valence-electron chi connectivity index (χ4n) is 4.46. The molecular formula is C27H31N3O12S. The summed E-state index contributed by atoms with van der Waals surface area (Å²) in [6, 6.07) is 4.38. The van der Waals surface area contributed by atoms with Gasteiger partial charge in [0.2, 0.25) is 0 Å². The summed E-state index contributed by atoms with van der Waals surface area (Å²) in [5.41, 5.74) is 2.97. The molecule has 2 heterocycles. The average Bonchev–Trinajstić information content (AvgIpc) is 2.88. The molecule has 232 valence electrons. The lowest BCUT2D eigenvalue weighted by atomic mass is 9.97. The molecular weight excluding hydrogens is 590 g/mol. The predicted molar refractivity (Wildman–Crippen MR) is 152 cm³/mol. The number of carbonyl (C=O) groups is 4. The number of aromatic hydroxyl groups is 1. The standard InChI is InChI=1S/C27H31N3O12S/c1-11-18-8-7-17(35)9-19(18)42-26(36)21(11)12(2)29-30-27(43)28-25-24(40-16(6)34)23(39-15(5)33)22(38-14(4)32)20(41-25)10-37-13(3)31/h7-9,20,22-25,35H,10H2,1-6H3,(H2,28,30,43)/b29-12+/t20-,22-,23+,24-,25-/m1/s1. The molecule has 1 saturated heterocycles. The number of hydrogen-bond acceptors (Lipinski definition) is 14. The third kappa shape index (κ3) is 8.48. The topological polar surface area (TPSA) is 201 Å². The number of hydrogen-bond donors (Lipinski definition) is 3. The van der Waals surface area contributed by atoms with Crippen LogP contribution in [0.3, 0.4) is 0 Å². The number of esters is 4. The second-order valence-electron chi connectivity index (χ2n) is 9.47. The number of thiocarbonyl (C=S) groups is 1. The second kappa shape index (κ2) is 14.1. The summed E-state index contributed by atoms with van der Waals surface area (Å²) in [7, 11) is 0. The van der Waals surface area contributed by atoms with Gasteiger partial charge < -0.3 is 38.5 Å². The Bertz CT molecular complexity index is 1520. The van der Waals surface area contributed by atoms with Crippen molar-refractivity contribution in [1.29, 1.82) is 0 Å². The molecule has 0 radical (unpaired) electrons. The first-order valence-corrected chi connectivity index (χ1v) is 13.3. The van der Waals surface area contributed by atoms with Gasteiger partial charge in [-0.25, -0.2) is 4.79 Å². The Labute approximate surface area is 250 Å². The van der Waals surface area contributed by atoms with Crippen LogP contribution in [-0.4, -0.2) is 77.1 Å². The van der Waals surface area contributed by atoms with E-state index in [0.29, 0.717) is 10.9 Å². The van der Waals surface area contributed by atoms with Gasteiger partial charge in [0.05, 0.1) is 11.3 Å². The van der Waals surface area contributed by atoms with Gasteiger partial charge in [0.15, 0.2) is 29.7 Å². The van der Waals surface area contributed by atoms with E-state index in [-0.39, 0.29) is 27.7 Å². The summed E-state index contributed by atoms with van der Waals surface area (Å²) >= 11 is 5.34. The maximum absolute atomic E-state index is 12.7. The summed E-state index contributed by atoms with van der Waals surface area (Å²) in [5, 5.41) is 17.0. The van der Waals surface area contributed by atoms with Crippen molar-refractivity contribution < 1.29 is 52.4 Å². The maximum atomic E-state index is 12.7. The summed E-state index contributed by atoms with van der Waals surface area (Å²) in [4.78, 5) is 60.1. The Balaban J connectivity index is 1.90. The molecule has 2 aromatic rings. The molecule has 0 bridgehead atoms. The van der Waals surface area contributed by atoms with Crippen LogP contribution in [0.25, 0.3) is 11.0 Å². The first-order valence-electron chi connectivity index (χ1n) is 12.9. The quantitative estimate of drug-likeness (QED) is 0.0943. The molecule has 1 aliphatic rings. The van der Waals surface area contributed by atoms with E-state index in [0.717, 1.165) is 27.7 Å². The number of hydrazone groups is 1. The minimum atomic E-state index is -1.39. The molecule has 0 unspecified atom stereocenters. The molecule has 3 rings (SSSR count). The summed E-state index contributed by atoms with van der Waals surface area (Å²) in [5.74, 6) is -3.05. The lowest BCUT2D eigenvalue weighted by Crippen LogP contribution is -2.66. The molecule has 1 aliphatic heterocycles. The van der Waals surface area contributed by atoms with Crippen molar-refractivity contribution in [2.24, 2.45) is 5.10 Å². The van der Waals surface area contributed by atoms with Gasteiger partial charge in [-0.1, -0.05) is 0 Å². The van der Waals surface area contributed by atoms with Crippen molar-refractivity contribution >= 4 is 57.9 Å². The average molecular weight is 622 g/mol. The number of nitrogens with one attached hydrogen (secondary N) is 2. The monoisotopic (exact) mass is 621 g/mol. The Kier molecular flexibility index (Phi) is 10.8. The van der Waals surface area contributed by atoms with E-state index in [9.17, 15) is 29.1 Å².